The number of nitriles is 1. The molecule has 27 heavy (non-hydrogen) atoms. The van der Waals surface area contributed by atoms with E-state index in [0.717, 1.165) is 41.5 Å². The second kappa shape index (κ2) is 6.89. The zero-order valence-electron chi connectivity index (χ0n) is 14.7. The molecule has 0 unspecified atom stereocenters. The fraction of sp³-hybridized carbons (Fsp3) is 0.250. The number of nitrogens with zero attached hydrogens (tertiary/aromatic N) is 2. The van der Waals surface area contributed by atoms with Crippen molar-refractivity contribution in [3.05, 3.63) is 51.4 Å². The Morgan fingerprint density at radius 3 is 2.93 bits per heavy atom. The van der Waals surface area contributed by atoms with Gasteiger partial charge >= 0.3 is 0 Å². The SMILES string of the molecule is COc1cccc2cc(C#N)/c(=N/c3sc4c(c3C(N)=O)CCCC4)oc12. The molecule has 2 N–H and O–H groups in total. The quantitative estimate of drug-likeness (QED) is 0.751. The molecule has 1 aliphatic carbocycles. The van der Waals surface area contributed by atoms with Crippen LogP contribution in [0.5, 0.6) is 5.75 Å². The molecule has 0 saturated carbocycles. The fourth-order valence-electron chi connectivity index (χ4n) is 3.43. The Bertz CT molecular complexity index is 1170. The van der Waals surface area contributed by atoms with Gasteiger partial charge in [0.15, 0.2) is 11.3 Å². The van der Waals surface area contributed by atoms with Crippen molar-refractivity contribution in [2.45, 2.75) is 25.7 Å². The van der Waals surface area contributed by atoms with Gasteiger partial charge in [0.1, 0.15) is 16.6 Å². The third-order valence-corrected chi connectivity index (χ3v) is 5.87. The van der Waals surface area contributed by atoms with E-state index in [1.54, 1.807) is 19.2 Å². The highest BCUT2D eigenvalue weighted by molar-refractivity contribution is 7.16. The second-order valence-electron chi connectivity index (χ2n) is 6.32. The molecule has 4 rings (SSSR count). The number of rotatable bonds is 3. The Labute approximate surface area is 159 Å². The summed E-state index contributed by atoms with van der Waals surface area (Å²) in [5, 5.41) is 10.8. The number of methoxy groups -OCH3 is 1. The zero-order chi connectivity index (χ0) is 19.0. The number of hydrogen-bond donors (Lipinski definition) is 1. The number of nitrogens with two attached hydrogens (primary N) is 1. The summed E-state index contributed by atoms with van der Waals surface area (Å²) < 4.78 is 11.3. The van der Waals surface area contributed by atoms with Crippen molar-refractivity contribution >= 4 is 33.2 Å². The molecule has 0 spiro atoms. The summed E-state index contributed by atoms with van der Waals surface area (Å²) in [5.74, 6) is 0.0547. The molecule has 1 aromatic carbocycles. The predicted octanol–water partition coefficient (Wildman–Crippen LogP) is 3.58. The molecule has 7 heteroatoms. The van der Waals surface area contributed by atoms with Crippen molar-refractivity contribution in [3.8, 4) is 11.8 Å². The minimum absolute atomic E-state index is 0.149. The maximum Gasteiger partial charge on any atom is 0.252 e. The Morgan fingerprint density at radius 2 is 2.19 bits per heavy atom. The zero-order valence-corrected chi connectivity index (χ0v) is 15.6. The highest BCUT2D eigenvalue weighted by Gasteiger charge is 2.24. The van der Waals surface area contributed by atoms with Gasteiger partial charge in [0.25, 0.3) is 5.91 Å². The van der Waals surface area contributed by atoms with Crippen molar-refractivity contribution in [1.29, 1.82) is 5.26 Å². The van der Waals surface area contributed by atoms with E-state index in [1.165, 1.54) is 11.3 Å². The fourth-order valence-corrected chi connectivity index (χ4v) is 4.69. The topological polar surface area (TPSA) is 102 Å². The van der Waals surface area contributed by atoms with E-state index in [2.05, 4.69) is 11.1 Å². The van der Waals surface area contributed by atoms with Gasteiger partial charge in [-0.05, 0) is 43.4 Å². The molecule has 0 fully saturated rings. The predicted molar refractivity (Wildman–Crippen MR) is 102 cm³/mol. The summed E-state index contributed by atoms with van der Waals surface area (Å²) in [6, 6.07) is 9.26. The normalized spacial score (nSPS) is 14.0. The van der Waals surface area contributed by atoms with Crippen LogP contribution < -0.4 is 16.0 Å². The Kier molecular flexibility index (Phi) is 4.42. The third-order valence-electron chi connectivity index (χ3n) is 4.68. The van der Waals surface area contributed by atoms with Crippen LogP contribution in [-0.2, 0) is 12.8 Å². The van der Waals surface area contributed by atoms with Crippen molar-refractivity contribution in [2.75, 3.05) is 7.11 Å². The summed E-state index contributed by atoms with van der Waals surface area (Å²) >= 11 is 1.45. The van der Waals surface area contributed by atoms with Gasteiger partial charge in [-0.1, -0.05) is 12.1 Å². The number of carbonyl (C=O) groups excluding carboxylic acids is 1. The smallest absolute Gasteiger partial charge is 0.252 e. The van der Waals surface area contributed by atoms with E-state index in [0.29, 0.717) is 21.9 Å². The summed E-state index contributed by atoms with van der Waals surface area (Å²) in [6.45, 7) is 0. The first kappa shape index (κ1) is 17.3. The van der Waals surface area contributed by atoms with Crippen LogP contribution >= 0.6 is 11.3 Å². The highest BCUT2D eigenvalue weighted by atomic mass is 32.1. The van der Waals surface area contributed by atoms with Gasteiger partial charge < -0.3 is 14.9 Å². The Hall–Kier alpha value is -3.11. The van der Waals surface area contributed by atoms with Crippen LogP contribution in [0.3, 0.4) is 0 Å². The van der Waals surface area contributed by atoms with Crippen LogP contribution in [-0.4, -0.2) is 13.0 Å². The van der Waals surface area contributed by atoms with Crippen LogP contribution in [0.15, 0.2) is 33.7 Å². The van der Waals surface area contributed by atoms with Crippen LogP contribution in [0.2, 0.25) is 0 Å². The van der Waals surface area contributed by atoms with Gasteiger partial charge in [-0.25, -0.2) is 4.99 Å². The van der Waals surface area contributed by atoms with E-state index in [-0.39, 0.29) is 11.1 Å². The van der Waals surface area contributed by atoms with Gasteiger partial charge in [-0.3, -0.25) is 4.79 Å². The average Bonchev–Trinajstić information content (AvgIpc) is 3.05. The number of hydrogen-bond acceptors (Lipinski definition) is 6. The molecule has 1 aliphatic rings. The number of ether oxygens (including phenoxy) is 1. The van der Waals surface area contributed by atoms with Crippen molar-refractivity contribution in [1.82, 2.24) is 0 Å². The lowest BCUT2D eigenvalue weighted by molar-refractivity contribution is 0.1000. The summed E-state index contributed by atoms with van der Waals surface area (Å²) in [7, 11) is 1.55. The van der Waals surface area contributed by atoms with E-state index < -0.39 is 5.91 Å². The maximum absolute atomic E-state index is 12.1. The first-order valence-corrected chi connectivity index (χ1v) is 9.44. The molecule has 0 bridgehead atoms. The number of carbonyl (C=O) groups is 1. The molecular formula is C20H17N3O3S. The van der Waals surface area contributed by atoms with Gasteiger partial charge in [0.2, 0.25) is 5.55 Å². The van der Waals surface area contributed by atoms with Gasteiger partial charge in [-0.15, -0.1) is 11.3 Å². The lowest BCUT2D eigenvalue weighted by Crippen LogP contribution is -2.15. The molecule has 0 aliphatic heterocycles. The molecule has 6 nitrogen and oxygen atoms in total. The third kappa shape index (κ3) is 2.98. The minimum atomic E-state index is -0.495. The standard InChI is InChI=1S/C20H17N3O3S/c1-25-14-7-4-5-11-9-12(10-21)19(26-17(11)14)23-20-16(18(22)24)13-6-2-3-8-15(13)27-20/h4-5,7,9H,2-3,6,8H2,1H3,(H2,22,24)/b23-19-. The molecule has 3 aromatic rings. The van der Waals surface area contributed by atoms with Gasteiger partial charge in [0, 0.05) is 10.3 Å². The monoisotopic (exact) mass is 379 g/mol. The minimum Gasteiger partial charge on any atom is -0.493 e. The van der Waals surface area contributed by atoms with E-state index in [9.17, 15) is 10.1 Å². The number of amides is 1. The van der Waals surface area contributed by atoms with Gasteiger partial charge in [0.05, 0.1) is 12.7 Å². The second-order valence-corrected chi connectivity index (χ2v) is 7.41. The Morgan fingerprint density at radius 1 is 1.37 bits per heavy atom. The number of fused-ring (bicyclic) bond motifs is 2. The Balaban J connectivity index is 2.00. The lowest BCUT2D eigenvalue weighted by Gasteiger charge is -2.10. The van der Waals surface area contributed by atoms with Crippen LogP contribution in [0.1, 0.15) is 39.2 Å². The molecule has 0 radical (unpaired) electrons. The maximum atomic E-state index is 12.1. The molecule has 2 heterocycles. The van der Waals surface area contributed by atoms with Crippen molar-refractivity contribution in [3.63, 3.8) is 0 Å². The molecule has 2 aromatic heterocycles. The van der Waals surface area contributed by atoms with E-state index in [4.69, 9.17) is 14.9 Å². The number of primary amides is 1. The molecule has 0 atom stereocenters. The van der Waals surface area contributed by atoms with E-state index in [1.807, 2.05) is 12.1 Å². The highest BCUT2D eigenvalue weighted by Crippen LogP contribution is 2.39. The first-order valence-electron chi connectivity index (χ1n) is 8.62. The summed E-state index contributed by atoms with van der Waals surface area (Å²) in [6.07, 6.45) is 3.87. The van der Waals surface area contributed by atoms with Crippen LogP contribution in [0, 0.1) is 11.3 Å². The summed E-state index contributed by atoms with van der Waals surface area (Å²) in [4.78, 5) is 17.7. The molecule has 1 amide bonds. The van der Waals surface area contributed by atoms with Crippen molar-refractivity contribution < 1.29 is 13.9 Å². The van der Waals surface area contributed by atoms with Crippen LogP contribution in [0.25, 0.3) is 11.0 Å². The molecule has 136 valence electrons. The lowest BCUT2D eigenvalue weighted by atomic mass is 9.95. The number of thiophene rings is 1. The first-order chi connectivity index (χ1) is 13.1. The van der Waals surface area contributed by atoms with Crippen LogP contribution in [0.4, 0.5) is 5.00 Å². The number of aryl methyl sites for hydroxylation is 1. The average molecular weight is 379 g/mol. The number of benzene rings is 1. The van der Waals surface area contributed by atoms with Crippen molar-refractivity contribution in [2.24, 2.45) is 10.7 Å². The number of para-hydroxylation sites is 1. The van der Waals surface area contributed by atoms with Gasteiger partial charge in [-0.2, -0.15) is 5.26 Å². The van der Waals surface area contributed by atoms with E-state index >= 15 is 0 Å². The largest absolute Gasteiger partial charge is 0.493 e. The molecular weight excluding hydrogens is 362 g/mol. The summed E-state index contributed by atoms with van der Waals surface area (Å²) in [5.41, 5.74) is 8.02. The molecule has 0 saturated heterocycles.